The van der Waals surface area contributed by atoms with Crippen molar-refractivity contribution in [1.82, 2.24) is 19.9 Å². The molecule has 0 aromatic carbocycles. The molecular formula is C6H6FN5O. The molecule has 2 heterocycles. The Bertz CT molecular complexity index is 428. The average molecular weight is 183 g/mol. The Labute approximate surface area is 72.1 Å². The SMILES string of the molecule is CONc1nc(F)nc2nc[nH]c12. The zero-order chi connectivity index (χ0) is 9.26. The van der Waals surface area contributed by atoms with E-state index in [4.69, 9.17) is 0 Å². The van der Waals surface area contributed by atoms with E-state index in [2.05, 4.69) is 30.3 Å². The zero-order valence-corrected chi connectivity index (χ0v) is 6.71. The number of H-pyrrole nitrogens is 1. The molecule has 0 aliphatic carbocycles. The van der Waals surface area contributed by atoms with Gasteiger partial charge in [-0.1, -0.05) is 0 Å². The fourth-order valence-corrected chi connectivity index (χ4v) is 0.977. The maximum atomic E-state index is 12.7. The molecule has 0 bridgehead atoms. The van der Waals surface area contributed by atoms with Crippen molar-refractivity contribution < 1.29 is 9.23 Å². The number of fused-ring (bicyclic) bond motifs is 1. The van der Waals surface area contributed by atoms with Crippen LogP contribution in [0.1, 0.15) is 0 Å². The number of nitrogens with zero attached hydrogens (tertiary/aromatic N) is 3. The van der Waals surface area contributed by atoms with Crippen molar-refractivity contribution in [1.29, 1.82) is 0 Å². The number of nitrogens with one attached hydrogen (secondary N) is 2. The van der Waals surface area contributed by atoms with Crippen LogP contribution in [0.25, 0.3) is 11.2 Å². The van der Waals surface area contributed by atoms with Gasteiger partial charge in [-0.3, -0.25) is 4.84 Å². The van der Waals surface area contributed by atoms with E-state index < -0.39 is 6.08 Å². The molecule has 2 aromatic rings. The third-order valence-corrected chi connectivity index (χ3v) is 1.46. The summed E-state index contributed by atoms with van der Waals surface area (Å²) in [4.78, 5) is 18.1. The van der Waals surface area contributed by atoms with Gasteiger partial charge in [0, 0.05) is 0 Å². The van der Waals surface area contributed by atoms with Crippen molar-refractivity contribution in [3.63, 3.8) is 0 Å². The predicted octanol–water partition coefficient (Wildman–Crippen LogP) is 0.465. The lowest BCUT2D eigenvalue weighted by molar-refractivity contribution is 0.269. The van der Waals surface area contributed by atoms with Crippen LogP contribution >= 0.6 is 0 Å². The van der Waals surface area contributed by atoms with Gasteiger partial charge in [0.2, 0.25) is 0 Å². The van der Waals surface area contributed by atoms with E-state index in [0.717, 1.165) is 0 Å². The first kappa shape index (κ1) is 7.87. The van der Waals surface area contributed by atoms with Crippen molar-refractivity contribution >= 4 is 17.0 Å². The summed E-state index contributed by atoms with van der Waals surface area (Å²) in [6.45, 7) is 0. The lowest BCUT2D eigenvalue weighted by Crippen LogP contribution is -2.02. The van der Waals surface area contributed by atoms with Crippen LogP contribution in [0.15, 0.2) is 6.33 Å². The number of aromatic nitrogens is 4. The Morgan fingerprint density at radius 1 is 1.54 bits per heavy atom. The Kier molecular flexibility index (Phi) is 1.78. The van der Waals surface area contributed by atoms with Gasteiger partial charge in [0.15, 0.2) is 11.5 Å². The summed E-state index contributed by atoms with van der Waals surface area (Å²) >= 11 is 0. The van der Waals surface area contributed by atoms with Gasteiger partial charge in [-0.15, -0.1) is 0 Å². The van der Waals surface area contributed by atoms with E-state index >= 15 is 0 Å². The summed E-state index contributed by atoms with van der Waals surface area (Å²) in [6, 6.07) is 0. The normalized spacial score (nSPS) is 10.6. The fourth-order valence-electron chi connectivity index (χ4n) is 0.977. The van der Waals surface area contributed by atoms with Gasteiger partial charge in [0.05, 0.1) is 13.4 Å². The summed E-state index contributed by atoms with van der Waals surface area (Å²) in [5.41, 5.74) is 3.17. The van der Waals surface area contributed by atoms with E-state index in [1.165, 1.54) is 13.4 Å². The van der Waals surface area contributed by atoms with Gasteiger partial charge in [-0.2, -0.15) is 14.4 Å². The Hall–Kier alpha value is -1.76. The molecule has 0 fully saturated rings. The monoisotopic (exact) mass is 183 g/mol. The van der Waals surface area contributed by atoms with Crippen molar-refractivity contribution in [3.8, 4) is 0 Å². The topological polar surface area (TPSA) is 75.7 Å². The van der Waals surface area contributed by atoms with Gasteiger partial charge in [0.1, 0.15) is 5.52 Å². The standard InChI is InChI=1S/C6H6FN5O/c1-13-12-5-3-4(9-2-8-3)10-6(7)11-5/h2H,1H3,(H2,8,9,10,11,12). The van der Waals surface area contributed by atoms with E-state index in [1.54, 1.807) is 0 Å². The molecule has 0 aliphatic rings. The third-order valence-electron chi connectivity index (χ3n) is 1.46. The smallest absolute Gasteiger partial charge is 0.312 e. The molecule has 0 unspecified atom stereocenters. The molecular weight excluding hydrogens is 177 g/mol. The molecule has 0 amide bonds. The molecule has 0 saturated heterocycles. The molecule has 2 rings (SSSR count). The van der Waals surface area contributed by atoms with Gasteiger partial charge >= 0.3 is 6.08 Å². The minimum Gasteiger partial charge on any atom is -0.340 e. The molecule has 0 atom stereocenters. The summed E-state index contributed by atoms with van der Waals surface area (Å²) < 4.78 is 12.7. The van der Waals surface area contributed by atoms with Crippen LogP contribution in [0.5, 0.6) is 0 Å². The molecule has 2 N–H and O–H groups in total. The van der Waals surface area contributed by atoms with Crippen LogP contribution in [-0.4, -0.2) is 27.0 Å². The summed E-state index contributed by atoms with van der Waals surface area (Å²) in [5.74, 6) is 0.225. The minimum atomic E-state index is -0.848. The zero-order valence-electron chi connectivity index (χ0n) is 6.71. The minimum absolute atomic E-state index is 0.225. The van der Waals surface area contributed by atoms with E-state index in [9.17, 15) is 4.39 Å². The van der Waals surface area contributed by atoms with Crippen LogP contribution in [-0.2, 0) is 4.84 Å². The number of imidazole rings is 1. The summed E-state index contributed by atoms with van der Waals surface area (Å²) in [5, 5.41) is 0. The predicted molar refractivity (Wildman–Crippen MR) is 42.3 cm³/mol. The number of anilines is 1. The second-order valence-corrected chi connectivity index (χ2v) is 2.25. The van der Waals surface area contributed by atoms with Crippen molar-refractivity contribution in [2.45, 2.75) is 0 Å². The lowest BCUT2D eigenvalue weighted by atomic mass is 10.5. The number of aromatic amines is 1. The van der Waals surface area contributed by atoms with Crippen LogP contribution < -0.4 is 5.48 Å². The highest BCUT2D eigenvalue weighted by molar-refractivity contribution is 5.81. The largest absolute Gasteiger partial charge is 0.340 e. The highest BCUT2D eigenvalue weighted by Gasteiger charge is 2.08. The van der Waals surface area contributed by atoms with E-state index in [1.807, 2.05) is 0 Å². The second-order valence-electron chi connectivity index (χ2n) is 2.25. The number of hydrogen-bond donors (Lipinski definition) is 2. The maximum Gasteiger partial charge on any atom is 0.312 e. The summed E-state index contributed by atoms with van der Waals surface area (Å²) in [7, 11) is 1.40. The van der Waals surface area contributed by atoms with Gasteiger partial charge < -0.3 is 4.98 Å². The Balaban J connectivity index is 2.63. The van der Waals surface area contributed by atoms with Crippen LogP contribution in [0.4, 0.5) is 10.2 Å². The fraction of sp³-hybridized carbons (Fsp3) is 0.167. The van der Waals surface area contributed by atoms with Crippen molar-refractivity contribution in [3.05, 3.63) is 12.4 Å². The molecule has 0 spiro atoms. The molecule has 0 saturated carbocycles. The number of halogens is 1. The molecule has 6 nitrogen and oxygen atoms in total. The molecule has 68 valence electrons. The second kappa shape index (κ2) is 2.94. The van der Waals surface area contributed by atoms with E-state index in [-0.39, 0.29) is 11.5 Å². The van der Waals surface area contributed by atoms with Crippen LogP contribution in [0, 0.1) is 6.08 Å². The third kappa shape index (κ3) is 1.29. The molecule has 2 aromatic heterocycles. The van der Waals surface area contributed by atoms with Gasteiger partial charge in [-0.25, -0.2) is 10.5 Å². The first-order chi connectivity index (χ1) is 6.31. The quantitative estimate of drug-likeness (QED) is 0.522. The first-order valence-corrected chi connectivity index (χ1v) is 3.47. The molecule has 7 heteroatoms. The van der Waals surface area contributed by atoms with Gasteiger partial charge in [-0.05, 0) is 0 Å². The maximum absolute atomic E-state index is 12.7. The number of hydrogen-bond acceptors (Lipinski definition) is 5. The van der Waals surface area contributed by atoms with Crippen LogP contribution in [0.2, 0.25) is 0 Å². The lowest BCUT2D eigenvalue weighted by Gasteiger charge is -2.01. The average Bonchev–Trinajstić information content (AvgIpc) is 2.52. The highest BCUT2D eigenvalue weighted by atomic mass is 19.1. The Morgan fingerprint density at radius 3 is 3.15 bits per heavy atom. The van der Waals surface area contributed by atoms with Crippen LogP contribution in [0.3, 0.4) is 0 Å². The molecule has 13 heavy (non-hydrogen) atoms. The Morgan fingerprint density at radius 2 is 2.38 bits per heavy atom. The summed E-state index contributed by atoms with van der Waals surface area (Å²) in [6.07, 6.45) is 0.554. The first-order valence-electron chi connectivity index (χ1n) is 3.47. The van der Waals surface area contributed by atoms with Crippen molar-refractivity contribution in [2.75, 3.05) is 12.6 Å². The van der Waals surface area contributed by atoms with Crippen molar-refractivity contribution in [2.24, 2.45) is 0 Å². The van der Waals surface area contributed by atoms with E-state index in [0.29, 0.717) is 5.52 Å². The van der Waals surface area contributed by atoms with Gasteiger partial charge in [0.25, 0.3) is 0 Å². The molecule has 0 aliphatic heterocycles. The highest BCUT2D eigenvalue weighted by Crippen LogP contribution is 2.15. The molecule has 0 radical (unpaired) electrons. The number of rotatable bonds is 2.